The van der Waals surface area contributed by atoms with Crippen LogP contribution in [0.4, 0.5) is 13.6 Å². The number of hydrogen-bond donors (Lipinski definition) is 1. The van der Waals surface area contributed by atoms with Crippen molar-refractivity contribution >= 4 is 29.7 Å². The van der Waals surface area contributed by atoms with Gasteiger partial charge in [-0.1, -0.05) is 51.1 Å². The van der Waals surface area contributed by atoms with Gasteiger partial charge in [0.1, 0.15) is 23.1 Å². The van der Waals surface area contributed by atoms with Gasteiger partial charge in [0, 0.05) is 76.0 Å². The van der Waals surface area contributed by atoms with E-state index in [1.54, 1.807) is 31.9 Å². The average Bonchev–Trinajstić information content (AvgIpc) is 3.78. The summed E-state index contributed by atoms with van der Waals surface area (Å²) in [6.45, 7) is 12.9. The van der Waals surface area contributed by atoms with Crippen molar-refractivity contribution in [2.45, 2.75) is 66.7 Å². The van der Waals surface area contributed by atoms with Crippen LogP contribution in [0, 0.1) is 28.9 Å². The van der Waals surface area contributed by atoms with Gasteiger partial charge < -0.3 is 24.4 Å². The van der Waals surface area contributed by atoms with E-state index in [4.69, 9.17) is 9.72 Å². The van der Waals surface area contributed by atoms with E-state index in [1.165, 1.54) is 24.0 Å². The Bertz CT molecular complexity index is 1910. The van der Waals surface area contributed by atoms with Crippen LogP contribution in [0.5, 0.6) is 0 Å². The van der Waals surface area contributed by atoms with Gasteiger partial charge in [-0.15, -0.1) is 0 Å². The normalized spacial score (nSPS) is 17.9. The number of nitrogens with one attached hydrogen (secondary N) is 1. The van der Waals surface area contributed by atoms with E-state index in [-0.39, 0.29) is 49.9 Å². The summed E-state index contributed by atoms with van der Waals surface area (Å²) in [7, 11) is 0. The predicted octanol–water partition coefficient (Wildman–Crippen LogP) is 5.34. The van der Waals surface area contributed by atoms with Crippen molar-refractivity contribution in [3.8, 4) is 11.3 Å². The summed E-state index contributed by atoms with van der Waals surface area (Å²) < 4.78 is 37.0. The lowest BCUT2D eigenvalue weighted by Gasteiger charge is -2.41. The lowest BCUT2D eigenvalue weighted by atomic mass is 9.83. The maximum Gasteiger partial charge on any atom is 0.410 e. The number of imide groups is 1. The van der Waals surface area contributed by atoms with Crippen molar-refractivity contribution in [2.75, 3.05) is 32.7 Å². The molecule has 0 aliphatic carbocycles. The van der Waals surface area contributed by atoms with Crippen molar-refractivity contribution in [1.82, 2.24) is 29.6 Å². The number of hydrogen-bond acceptors (Lipinski definition) is 7. The highest BCUT2D eigenvalue weighted by atomic mass is 19.1. The molecule has 0 radical (unpaired) electrons. The summed E-state index contributed by atoms with van der Waals surface area (Å²) in [5.74, 6) is -3.88. The standard InChI is InChI=1S/C40H48F2N6O6/c1-25(49)48(22-27-21-46(38(53)54-40(5,6)7)23-30(27)37(52)43-17-18-47-33(50)15-16-34(47)51)35(39(2,3)4)36-44-32(29-19-28(41)13-14-31(29)42)24-45(36)20-26-11-9-8-10-12-26/h8-16,19,24,27,30,35H,17-18,20-23H2,1-7H3,(H,43,52). The maximum atomic E-state index is 15.2. The molecule has 2 aromatic carbocycles. The molecule has 14 heteroatoms. The number of imidazole rings is 1. The van der Waals surface area contributed by atoms with Gasteiger partial charge in [0.2, 0.25) is 11.8 Å². The Kier molecular flexibility index (Phi) is 11.7. The molecular weight excluding hydrogens is 698 g/mol. The SMILES string of the molecule is CC(=O)N(CC1CN(C(=O)OC(C)(C)C)CC1C(=O)NCCN1C(=O)C=CC1=O)C(c1nc(-c2cc(F)ccc2F)cn1Cc1ccccc1)C(C)(C)C. The molecule has 5 rings (SSSR count). The van der Waals surface area contributed by atoms with E-state index in [0.29, 0.717) is 12.4 Å². The molecule has 0 bridgehead atoms. The Morgan fingerprint density at radius 1 is 0.981 bits per heavy atom. The fraction of sp³-hybridized carbons (Fsp3) is 0.450. The summed E-state index contributed by atoms with van der Waals surface area (Å²) in [5.41, 5.74) is -0.396. The maximum absolute atomic E-state index is 15.2. The van der Waals surface area contributed by atoms with E-state index in [1.807, 2.05) is 55.7 Å². The fourth-order valence-corrected chi connectivity index (χ4v) is 6.94. The number of benzene rings is 2. The van der Waals surface area contributed by atoms with Gasteiger partial charge >= 0.3 is 6.09 Å². The number of likely N-dealkylation sites (tertiary alicyclic amines) is 1. The molecule has 3 atom stereocenters. The predicted molar refractivity (Wildman–Crippen MR) is 196 cm³/mol. The topological polar surface area (TPSA) is 134 Å². The minimum atomic E-state index is -0.798. The highest BCUT2D eigenvalue weighted by Crippen LogP contribution is 2.41. The first kappa shape index (κ1) is 39.8. The lowest BCUT2D eigenvalue weighted by molar-refractivity contribution is -0.137. The second kappa shape index (κ2) is 15.9. The van der Waals surface area contributed by atoms with Gasteiger partial charge in [0.05, 0.1) is 17.7 Å². The molecule has 0 saturated carbocycles. The first-order valence-corrected chi connectivity index (χ1v) is 17.9. The van der Waals surface area contributed by atoms with Crippen LogP contribution < -0.4 is 5.32 Å². The van der Waals surface area contributed by atoms with Crippen molar-refractivity contribution in [2.24, 2.45) is 17.3 Å². The smallest absolute Gasteiger partial charge is 0.410 e. The van der Waals surface area contributed by atoms with Gasteiger partial charge in [0.15, 0.2) is 0 Å². The van der Waals surface area contributed by atoms with Crippen LogP contribution >= 0.6 is 0 Å². The number of aromatic nitrogens is 2. The lowest BCUT2D eigenvalue weighted by Crippen LogP contribution is -2.47. The zero-order valence-corrected chi connectivity index (χ0v) is 31.8. The minimum Gasteiger partial charge on any atom is -0.444 e. The number of carbonyl (C=O) groups is 5. The van der Waals surface area contributed by atoms with Crippen molar-refractivity contribution in [3.63, 3.8) is 0 Å². The summed E-state index contributed by atoms with van der Waals surface area (Å²) in [6.07, 6.45) is 3.38. The molecule has 12 nitrogen and oxygen atoms in total. The summed E-state index contributed by atoms with van der Waals surface area (Å²) in [5, 5.41) is 2.81. The van der Waals surface area contributed by atoms with Gasteiger partial charge in [-0.2, -0.15) is 0 Å². The van der Waals surface area contributed by atoms with Crippen LogP contribution in [0.25, 0.3) is 11.3 Å². The van der Waals surface area contributed by atoms with Gasteiger partial charge in [-0.05, 0) is 49.9 Å². The Hall–Kier alpha value is -5.40. The summed E-state index contributed by atoms with van der Waals surface area (Å²) in [6, 6.07) is 12.0. The molecule has 1 aromatic heterocycles. The van der Waals surface area contributed by atoms with Gasteiger partial charge in [0.25, 0.3) is 11.8 Å². The first-order valence-electron chi connectivity index (χ1n) is 17.9. The third-order valence-corrected chi connectivity index (χ3v) is 9.38. The van der Waals surface area contributed by atoms with Crippen LogP contribution in [-0.4, -0.2) is 92.3 Å². The molecule has 5 amide bonds. The molecular formula is C40H48F2N6O6. The summed E-state index contributed by atoms with van der Waals surface area (Å²) in [4.78, 5) is 74.0. The molecule has 1 fully saturated rings. The second-order valence-electron chi connectivity index (χ2n) is 15.9. The van der Waals surface area contributed by atoms with E-state index in [9.17, 15) is 28.4 Å². The number of ether oxygens (including phenoxy) is 1. The van der Waals surface area contributed by atoms with E-state index in [0.717, 1.165) is 28.7 Å². The Balaban J connectivity index is 1.51. The van der Waals surface area contributed by atoms with Gasteiger partial charge in [-0.3, -0.25) is 24.1 Å². The second-order valence-corrected chi connectivity index (χ2v) is 15.9. The minimum absolute atomic E-state index is 0.00606. The van der Waals surface area contributed by atoms with Crippen LogP contribution in [0.15, 0.2) is 66.9 Å². The zero-order valence-electron chi connectivity index (χ0n) is 31.8. The third kappa shape index (κ3) is 9.39. The van der Waals surface area contributed by atoms with E-state index in [2.05, 4.69) is 5.32 Å². The van der Waals surface area contributed by atoms with Crippen LogP contribution in [-0.2, 0) is 30.5 Å². The van der Waals surface area contributed by atoms with Crippen molar-refractivity contribution in [3.05, 3.63) is 89.9 Å². The van der Waals surface area contributed by atoms with E-state index >= 15 is 4.39 Å². The number of nitrogens with zero attached hydrogens (tertiary/aromatic N) is 5. The molecule has 3 unspecified atom stereocenters. The highest BCUT2D eigenvalue weighted by molar-refractivity contribution is 6.12. The van der Waals surface area contributed by atoms with Crippen LogP contribution in [0.1, 0.15) is 65.9 Å². The van der Waals surface area contributed by atoms with Crippen LogP contribution in [0.2, 0.25) is 0 Å². The third-order valence-electron chi connectivity index (χ3n) is 9.38. The Labute approximate surface area is 314 Å². The zero-order chi connectivity index (χ0) is 39.5. The van der Waals surface area contributed by atoms with Crippen LogP contribution in [0.3, 0.4) is 0 Å². The quantitative estimate of drug-likeness (QED) is 0.262. The number of rotatable bonds is 11. The Morgan fingerprint density at radius 2 is 1.65 bits per heavy atom. The molecule has 1 saturated heterocycles. The average molecular weight is 747 g/mol. The number of amides is 5. The monoisotopic (exact) mass is 746 g/mol. The molecule has 3 heterocycles. The molecule has 288 valence electrons. The molecule has 54 heavy (non-hydrogen) atoms. The Morgan fingerprint density at radius 3 is 2.26 bits per heavy atom. The summed E-state index contributed by atoms with van der Waals surface area (Å²) >= 11 is 0. The van der Waals surface area contributed by atoms with Crippen molar-refractivity contribution < 1.29 is 37.5 Å². The number of carbonyl (C=O) groups excluding carboxylic acids is 5. The van der Waals surface area contributed by atoms with Crippen molar-refractivity contribution in [1.29, 1.82) is 0 Å². The highest BCUT2D eigenvalue weighted by Gasteiger charge is 2.45. The fourth-order valence-electron chi connectivity index (χ4n) is 6.94. The molecule has 0 spiro atoms. The number of halogens is 2. The first-order chi connectivity index (χ1) is 25.3. The molecule has 3 aromatic rings. The molecule has 2 aliphatic heterocycles. The largest absolute Gasteiger partial charge is 0.444 e. The van der Waals surface area contributed by atoms with E-state index < -0.39 is 64.3 Å². The molecule has 1 N–H and O–H groups in total. The van der Waals surface area contributed by atoms with Gasteiger partial charge in [-0.25, -0.2) is 18.6 Å². The molecule has 2 aliphatic rings.